The van der Waals surface area contributed by atoms with E-state index < -0.39 is 54.6 Å². The molecule has 0 saturated carbocycles. The standard InChI is InChI=1S/C34H28O9.C2H3N/c1-34(43-32(38)26-20-12-5-13-21-26)28(41-30(36)24-16-8-3-9-17-24)27(22-39-29(35)23-14-6-2-7-15-23)40-33(34)42-31(37)25-18-10-4-11-19-25;1-2-3/h2-21,27-28,33H,22H2,1H3;1H3/t27-,28-,33+,34-;/m1./s1. The van der Waals surface area contributed by atoms with Crippen molar-refractivity contribution in [2.75, 3.05) is 6.61 Å². The molecule has 5 rings (SSSR count). The molecule has 10 heteroatoms. The van der Waals surface area contributed by atoms with Crippen LogP contribution in [0.25, 0.3) is 0 Å². The van der Waals surface area contributed by atoms with Crippen LogP contribution in [-0.2, 0) is 23.7 Å². The molecule has 234 valence electrons. The highest BCUT2D eigenvalue weighted by atomic mass is 16.8. The Kier molecular flexibility index (Phi) is 11.4. The lowest BCUT2D eigenvalue weighted by Gasteiger charge is -2.33. The number of rotatable bonds is 9. The lowest BCUT2D eigenvalue weighted by atomic mass is 9.96. The van der Waals surface area contributed by atoms with Gasteiger partial charge >= 0.3 is 23.9 Å². The van der Waals surface area contributed by atoms with Crippen molar-refractivity contribution in [3.05, 3.63) is 144 Å². The maximum atomic E-state index is 13.3. The van der Waals surface area contributed by atoms with Crippen LogP contribution < -0.4 is 0 Å². The third kappa shape index (κ3) is 8.22. The van der Waals surface area contributed by atoms with Crippen LogP contribution in [0.2, 0.25) is 0 Å². The molecule has 0 spiro atoms. The number of hydrogen-bond donors (Lipinski definition) is 0. The molecule has 0 N–H and O–H groups in total. The zero-order valence-corrected chi connectivity index (χ0v) is 25.1. The Hall–Kier alpha value is -5.79. The molecule has 1 fully saturated rings. The Morgan fingerprint density at radius 2 is 1.02 bits per heavy atom. The fraction of sp³-hybridized carbons (Fsp3) is 0.194. The Balaban J connectivity index is 0.00000154. The fourth-order valence-electron chi connectivity index (χ4n) is 4.58. The number of esters is 4. The maximum absolute atomic E-state index is 13.3. The molecule has 0 aromatic heterocycles. The Labute approximate surface area is 266 Å². The predicted molar refractivity (Wildman–Crippen MR) is 164 cm³/mol. The summed E-state index contributed by atoms with van der Waals surface area (Å²) in [6.07, 6.45) is -4.07. The van der Waals surface area contributed by atoms with Gasteiger partial charge in [-0.3, -0.25) is 0 Å². The van der Waals surface area contributed by atoms with Crippen LogP contribution in [0.15, 0.2) is 121 Å². The number of benzene rings is 4. The Bertz CT molecular complexity index is 1660. The average molecular weight is 622 g/mol. The number of ether oxygens (including phenoxy) is 5. The molecule has 4 aromatic carbocycles. The summed E-state index contributed by atoms with van der Waals surface area (Å²) in [6, 6.07) is 34.6. The van der Waals surface area contributed by atoms with E-state index in [1.807, 2.05) is 0 Å². The number of carbonyl (C=O) groups is 4. The summed E-state index contributed by atoms with van der Waals surface area (Å²) in [4.78, 5) is 52.5. The van der Waals surface area contributed by atoms with Gasteiger partial charge in [0.15, 0.2) is 6.10 Å². The summed E-state index contributed by atoms with van der Waals surface area (Å²) in [5.41, 5.74) is -0.901. The lowest BCUT2D eigenvalue weighted by Crippen LogP contribution is -2.53. The predicted octanol–water partition coefficient (Wildman–Crippen LogP) is 5.80. The van der Waals surface area contributed by atoms with E-state index in [9.17, 15) is 19.2 Å². The molecule has 0 bridgehead atoms. The van der Waals surface area contributed by atoms with Crippen LogP contribution in [0.1, 0.15) is 55.3 Å². The summed E-state index contributed by atoms with van der Waals surface area (Å²) < 4.78 is 29.1. The zero-order valence-electron chi connectivity index (χ0n) is 25.1. The summed E-state index contributed by atoms with van der Waals surface area (Å²) in [6.45, 7) is 2.47. The minimum atomic E-state index is -1.86. The van der Waals surface area contributed by atoms with E-state index in [1.54, 1.807) is 127 Å². The Morgan fingerprint density at radius 1 is 0.652 bits per heavy atom. The third-order valence-corrected chi connectivity index (χ3v) is 6.85. The molecule has 1 aliphatic heterocycles. The van der Waals surface area contributed by atoms with E-state index >= 15 is 0 Å². The van der Waals surface area contributed by atoms with Crippen LogP contribution in [-0.4, -0.2) is 54.6 Å². The molecule has 46 heavy (non-hydrogen) atoms. The third-order valence-electron chi connectivity index (χ3n) is 6.85. The molecule has 1 heterocycles. The fourth-order valence-corrected chi connectivity index (χ4v) is 4.58. The molecule has 0 unspecified atom stereocenters. The van der Waals surface area contributed by atoms with Gasteiger partial charge < -0.3 is 23.7 Å². The molecule has 0 amide bonds. The molecular weight excluding hydrogens is 590 g/mol. The normalized spacial score (nSPS) is 19.7. The molecule has 1 saturated heterocycles. The topological polar surface area (TPSA) is 138 Å². The first-order valence-corrected chi connectivity index (χ1v) is 14.3. The van der Waals surface area contributed by atoms with Crippen molar-refractivity contribution in [3.8, 4) is 6.07 Å². The van der Waals surface area contributed by atoms with Crippen LogP contribution >= 0.6 is 0 Å². The van der Waals surface area contributed by atoms with Gasteiger partial charge in [0.05, 0.1) is 28.3 Å². The summed E-state index contributed by atoms with van der Waals surface area (Å²) in [5, 5.41) is 7.32. The van der Waals surface area contributed by atoms with Crippen molar-refractivity contribution >= 4 is 23.9 Å². The first-order valence-electron chi connectivity index (χ1n) is 14.3. The van der Waals surface area contributed by atoms with Crippen molar-refractivity contribution < 1.29 is 42.9 Å². The zero-order chi connectivity index (χ0) is 32.9. The number of nitrogens with zero attached hydrogens (tertiary/aromatic N) is 1. The van der Waals surface area contributed by atoms with Gasteiger partial charge in [-0.15, -0.1) is 0 Å². The SMILES string of the molecule is CC#N.C[C@]1(OC(=O)c2ccccc2)[C@H](OC(=O)c2ccccc2)O[C@H](COC(=O)c2ccccc2)[C@H]1OC(=O)c1ccccc1. The van der Waals surface area contributed by atoms with Crippen LogP contribution in [0.4, 0.5) is 0 Å². The van der Waals surface area contributed by atoms with E-state index in [2.05, 4.69) is 0 Å². The summed E-state index contributed by atoms with van der Waals surface area (Å²) in [7, 11) is 0. The van der Waals surface area contributed by atoms with E-state index in [4.69, 9.17) is 28.9 Å². The highest BCUT2D eigenvalue weighted by Gasteiger charge is 2.61. The average Bonchev–Trinajstić information content (AvgIpc) is 3.34. The smallest absolute Gasteiger partial charge is 0.340 e. The molecule has 4 atom stereocenters. The summed E-state index contributed by atoms with van der Waals surface area (Å²) >= 11 is 0. The van der Waals surface area contributed by atoms with Gasteiger partial charge in [0.25, 0.3) is 0 Å². The second kappa shape index (κ2) is 15.8. The van der Waals surface area contributed by atoms with E-state index in [0.29, 0.717) is 5.56 Å². The van der Waals surface area contributed by atoms with Crippen molar-refractivity contribution in [2.24, 2.45) is 0 Å². The van der Waals surface area contributed by atoms with Gasteiger partial charge in [0.2, 0.25) is 11.9 Å². The van der Waals surface area contributed by atoms with E-state index in [0.717, 1.165) is 0 Å². The first kappa shape index (κ1) is 33.1. The van der Waals surface area contributed by atoms with Gasteiger partial charge in [-0.25, -0.2) is 19.2 Å². The number of carbonyl (C=O) groups excluding carboxylic acids is 4. The highest BCUT2D eigenvalue weighted by Crippen LogP contribution is 2.39. The van der Waals surface area contributed by atoms with Crippen molar-refractivity contribution in [2.45, 2.75) is 37.9 Å². The Morgan fingerprint density at radius 3 is 1.46 bits per heavy atom. The summed E-state index contributed by atoms with van der Waals surface area (Å²) in [5.74, 6) is -2.92. The van der Waals surface area contributed by atoms with Crippen LogP contribution in [0.5, 0.6) is 0 Å². The molecule has 1 aliphatic rings. The molecular formula is C36H31NO9. The molecule has 10 nitrogen and oxygen atoms in total. The van der Waals surface area contributed by atoms with Gasteiger partial charge in [-0.2, -0.15) is 5.26 Å². The molecule has 4 aromatic rings. The van der Waals surface area contributed by atoms with E-state index in [1.165, 1.54) is 13.8 Å². The van der Waals surface area contributed by atoms with Gasteiger partial charge in [0, 0.05) is 6.92 Å². The quantitative estimate of drug-likeness (QED) is 0.167. The van der Waals surface area contributed by atoms with Crippen molar-refractivity contribution in [3.63, 3.8) is 0 Å². The first-order chi connectivity index (χ1) is 22.3. The maximum Gasteiger partial charge on any atom is 0.340 e. The van der Waals surface area contributed by atoms with Crippen molar-refractivity contribution in [1.82, 2.24) is 0 Å². The largest absolute Gasteiger partial charge is 0.459 e. The van der Waals surface area contributed by atoms with E-state index in [-0.39, 0.29) is 16.7 Å². The minimum Gasteiger partial charge on any atom is -0.459 e. The van der Waals surface area contributed by atoms with Gasteiger partial charge in [-0.1, -0.05) is 72.8 Å². The van der Waals surface area contributed by atoms with Gasteiger partial charge in [-0.05, 0) is 55.5 Å². The van der Waals surface area contributed by atoms with Crippen LogP contribution in [0.3, 0.4) is 0 Å². The van der Waals surface area contributed by atoms with Gasteiger partial charge in [0.1, 0.15) is 12.7 Å². The second-order valence-corrected chi connectivity index (χ2v) is 10.1. The number of hydrogen-bond acceptors (Lipinski definition) is 10. The second-order valence-electron chi connectivity index (χ2n) is 10.1. The minimum absolute atomic E-state index is 0.212. The van der Waals surface area contributed by atoms with Crippen LogP contribution in [0, 0.1) is 11.3 Å². The number of nitriles is 1. The lowest BCUT2D eigenvalue weighted by molar-refractivity contribution is -0.175. The van der Waals surface area contributed by atoms with Crippen molar-refractivity contribution in [1.29, 1.82) is 5.26 Å². The molecule has 0 aliphatic carbocycles. The monoisotopic (exact) mass is 621 g/mol. The highest BCUT2D eigenvalue weighted by molar-refractivity contribution is 5.92. The molecule has 0 radical (unpaired) electrons.